The predicted octanol–water partition coefficient (Wildman–Crippen LogP) is 1.95. The monoisotopic (exact) mass is 172 g/mol. The van der Waals surface area contributed by atoms with Gasteiger partial charge in [0.15, 0.2) is 0 Å². The molecule has 2 rings (SSSR count). The number of fused-ring (bicyclic) bond motifs is 1. The number of allylic oxidation sites excluding steroid dienone is 1. The first kappa shape index (κ1) is 8.11. The highest BCUT2D eigenvalue weighted by molar-refractivity contribution is 6.16. The maximum Gasteiger partial charge on any atom is 0.228 e. The van der Waals surface area contributed by atoms with Gasteiger partial charge in [0, 0.05) is 0 Å². The molecule has 0 saturated heterocycles. The second-order valence-electron chi connectivity index (χ2n) is 4.08. The fourth-order valence-electron chi connectivity index (χ4n) is 1.85. The van der Waals surface area contributed by atoms with E-state index in [1.807, 2.05) is 0 Å². The van der Waals surface area contributed by atoms with E-state index in [1.165, 1.54) is 28.3 Å². The molecule has 0 heterocycles. The van der Waals surface area contributed by atoms with Gasteiger partial charge in [-0.1, -0.05) is 47.6 Å². The lowest BCUT2D eigenvalue weighted by Gasteiger charge is -2.29. The van der Waals surface area contributed by atoms with Crippen LogP contribution < -0.4 is 0 Å². The molecular weight excluding hydrogens is 159 g/mol. The van der Waals surface area contributed by atoms with Crippen LogP contribution in [0.25, 0.3) is 6.08 Å². The standard InChI is InChI=1S/C11H11.Al.2H/c1-9-5-4-7-10-6-2-3-8-11(9)10;;;/h2-4,6-8H,5H2,1H3;;;. The van der Waals surface area contributed by atoms with Crippen molar-refractivity contribution in [2.75, 3.05) is 0 Å². The zero-order valence-electron chi connectivity index (χ0n) is 7.67. The molecule has 0 aromatic heterocycles. The lowest BCUT2D eigenvalue weighted by Crippen LogP contribution is -2.24. The van der Waals surface area contributed by atoms with Gasteiger partial charge in [-0.2, -0.15) is 0 Å². The minimum atomic E-state index is 0.464. The third-order valence-electron chi connectivity index (χ3n) is 2.62. The number of benzene rings is 1. The smallest absolute Gasteiger partial charge is 0.0843 e. The fraction of sp³-hybridized carbons (Fsp3) is 0.273. The summed E-state index contributed by atoms with van der Waals surface area (Å²) in [6.07, 6.45) is 5.76. The Bertz CT molecular complexity index is 324. The van der Waals surface area contributed by atoms with Gasteiger partial charge in [0.1, 0.15) is 0 Å². The second-order valence-corrected chi connectivity index (χ2v) is 6.28. The van der Waals surface area contributed by atoms with E-state index < -0.39 is 0 Å². The highest BCUT2D eigenvalue weighted by Crippen LogP contribution is 2.32. The van der Waals surface area contributed by atoms with Crippen LogP contribution >= 0.6 is 0 Å². The van der Waals surface area contributed by atoms with Gasteiger partial charge in [0.25, 0.3) is 0 Å². The van der Waals surface area contributed by atoms with Crippen LogP contribution in [0, 0.1) is 0 Å². The van der Waals surface area contributed by atoms with Gasteiger partial charge in [0.2, 0.25) is 16.3 Å². The summed E-state index contributed by atoms with van der Waals surface area (Å²) in [4.78, 5) is 0. The van der Waals surface area contributed by atoms with Gasteiger partial charge in [-0.3, -0.25) is 0 Å². The molecule has 0 bridgehead atoms. The summed E-state index contributed by atoms with van der Waals surface area (Å²) in [7, 11) is 0. The van der Waals surface area contributed by atoms with E-state index in [1.54, 1.807) is 5.56 Å². The van der Waals surface area contributed by atoms with Crippen LogP contribution in [0.3, 0.4) is 0 Å². The Morgan fingerprint density at radius 1 is 1.33 bits per heavy atom. The third kappa shape index (κ3) is 1.24. The summed E-state index contributed by atoms with van der Waals surface area (Å²) in [6.45, 7) is 2.36. The zero-order chi connectivity index (χ0) is 8.60. The summed E-state index contributed by atoms with van der Waals surface area (Å²) in [5, 5.41) is 0. The van der Waals surface area contributed by atoms with Gasteiger partial charge >= 0.3 is 0 Å². The lowest BCUT2D eigenvalue weighted by molar-refractivity contribution is 0.681. The van der Waals surface area contributed by atoms with E-state index in [0.29, 0.717) is 4.28 Å². The molecule has 0 nitrogen and oxygen atoms in total. The van der Waals surface area contributed by atoms with Crippen LogP contribution in [0.2, 0.25) is 0 Å². The second kappa shape index (κ2) is 2.76. The Morgan fingerprint density at radius 3 is 2.83 bits per heavy atom. The molecule has 1 heteroatoms. The maximum atomic E-state index is 2.36. The molecule has 1 aliphatic rings. The molecule has 1 aromatic rings. The molecule has 0 saturated carbocycles. The Labute approximate surface area is 81.7 Å². The highest BCUT2D eigenvalue weighted by Gasteiger charge is 2.23. The minimum absolute atomic E-state index is 0.464. The Balaban J connectivity index is 2.60. The van der Waals surface area contributed by atoms with E-state index in [-0.39, 0.29) is 0 Å². The van der Waals surface area contributed by atoms with Crippen LogP contribution in [0.15, 0.2) is 30.3 Å². The number of hydrogen-bond donors (Lipinski definition) is 0. The summed E-state index contributed by atoms with van der Waals surface area (Å²) in [5.74, 6) is 0. The van der Waals surface area contributed by atoms with Crippen molar-refractivity contribution in [1.82, 2.24) is 0 Å². The molecule has 0 radical (unpaired) electrons. The minimum Gasteiger partial charge on any atom is -0.0843 e. The van der Waals surface area contributed by atoms with Crippen LogP contribution in [0.5, 0.6) is 0 Å². The van der Waals surface area contributed by atoms with Crippen molar-refractivity contribution in [3.63, 3.8) is 0 Å². The van der Waals surface area contributed by atoms with Gasteiger partial charge in [-0.15, -0.1) is 0 Å². The molecule has 0 N–H and O–H groups in total. The molecule has 1 atom stereocenters. The largest absolute Gasteiger partial charge is 0.228 e. The predicted molar refractivity (Wildman–Crippen MR) is 56.0 cm³/mol. The lowest BCUT2D eigenvalue weighted by atomic mass is 9.87. The van der Waals surface area contributed by atoms with E-state index in [9.17, 15) is 0 Å². The quantitative estimate of drug-likeness (QED) is 0.525. The van der Waals surface area contributed by atoms with Crippen LogP contribution in [0.4, 0.5) is 0 Å². The van der Waals surface area contributed by atoms with Crippen LogP contribution in [-0.2, 0) is 4.28 Å². The van der Waals surface area contributed by atoms with Gasteiger partial charge < -0.3 is 0 Å². The highest BCUT2D eigenvalue weighted by atomic mass is 27.0. The average Bonchev–Trinajstić information content (AvgIpc) is 2.04. The maximum absolute atomic E-state index is 2.36. The van der Waals surface area contributed by atoms with E-state index >= 15 is 0 Å². The van der Waals surface area contributed by atoms with Gasteiger partial charge in [0.05, 0.1) is 0 Å². The summed E-state index contributed by atoms with van der Waals surface area (Å²) in [6, 6.07) is 8.74. The molecule has 1 unspecified atom stereocenters. The Morgan fingerprint density at radius 2 is 2.08 bits per heavy atom. The molecule has 1 aliphatic carbocycles. The summed E-state index contributed by atoms with van der Waals surface area (Å²) in [5.41, 5.74) is 2.96. The van der Waals surface area contributed by atoms with Crippen LogP contribution in [-0.4, -0.2) is 16.3 Å². The van der Waals surface area contributed by atoms with E-state index in [2.05, 4.69) is 43.3 Å². The third-order valence-corrected chi connectivity index (χ3v) is 3.56. The number of hydrogen-bond acceptors (Lipinski definition) is 0. The molecule has 60 valence electrons. The van der Waals surface area contributed by atoms with Crippen LogP contribution in [0.1, 0.15) is 24.5 Å². The van der Waals surface area contributed by atoms with Gasteiger partial charge in [-0.25, -0.2) is 0 Å². The molecule has 0 amide bonds. The van der Waals surface area contributed by atoms with Crippen molar-refractivity contribution in [2.24, 2.45) is 0 Å². The van der Waals surface area contributed by atoms with Crippen molar-refractivity contribution in [3.05, 3.63) is 41.5 Å². The molecule has 0 aliphatic heterocycles. The molecule has 0 spiro atoms. The van der Waals surface area contributed by atoms with E-state index in [0.717, 1.165) is 0 Å². The Hall–Kier alpha value is -0.508. The van der Waals surface area contributed by atoms with Crippen molar-refractivity contribution >= 4 is 22.4 Å². The summed E-state index contributed by atoms with van der Waals surface area (Å²) >= 11 is 1.24. The molecule has 12 heavy (non-hydrogen) atoms. The first-order valence-corrected chi connectivity index (χ1v) is 5.46. The first-order chi connectivity index (χ1) is 5.70. The zero-order valence-corrected chi connectivity index (χ0v) is 9.67. The van der Waals surface area contributed by atoms with Crippen molar-refractivity contribution < 1.29 is 0 Å². The van der Waals surface area contributed by atoms with Crippen molar-refractivity contribution in [3.8, 4) is 0 Å². The molecular formula is C11H13Al. The Kier molecular flexibility index (Phi) is 1.87. The number of rotatable bonds is 0. The molecule has 1 aromatic carbocycles. The fourth-order valence-corrected chi connectivity index (χ4v) is 2.54. The van der Waals surface area contributed by atoms with Gasteiger partial charge in [-0.05, 0) is 17.5 Å². The summed E-state index contributed by atoms with van der Waals surface area (Å²) < 4.78 is 0.464. The van der Waals surface area contributed by atoms with Crippen molar-refractivity contribution in [1.29, 1.82) is 0 Å². The normalized spacial score (nSPS) is 26.8. The topological polar surface area (TPSA) is 0 Å². The first-order valence-electron chi connectivity index (χ1n) is 4.46. The van der Waals surface area contributed by atoms with Crippen molar-refractivity contribution in [2.45, 2.75) is 17.6 Å². The average molecular weight is 172 g/mol. The molecule has 0 fully saturated rings. The van der Waals surface area contributed by atoms with E-state index in [4.69, 9.17) is 0 Å². The SMILES string of the molecule is C[C]1([AlH2])CC=Cc2ccccc21.